The zero-order valence-corrected chi connectivity index (χ0v) is 16.1. The highest BCUT2D eigenvalue weighted by atomic mass is 16.5. The first kappa shape index (κ1) is 19.8. The van der Waals surface area contributed by atoms with Gasteiger partial charge in [-0.1, -0.05) is 48.5 Å². The van der Waals surface area contributed by atoms with E-state index in [1.165, 1.54) is 10.2 Å². The van der Waals surface area contributed by atoms with Gasteiger partial charge in [0, 0.05) is 25.6 Å². The van der Waals surface area contributed by atoms with E-state index < -0.39 is 0 Å². The normalized spacial score (nSPS) is 10.9. The van der Waals surface area contributed by atoms with E-state index in [0.29, 0.717) is 30.8 Å². The third kappa shape index (κ3) is 5.27. The van der Waals surface area contributed by atoms with Crippen molar-refractivity contribution in [3.8, 4) is 0 Å². The molecular formula is C22H25N3O3. The Balaban J connectivity index is 1.41. The van der Waals surface area contributed by atoms with E-state index in [1.807, 2.05) is 36.4 Å². The van der Waals surface area contributed by atoms with Crippen LogP contribution in [-0.4, -0.2) is 35.4 Å². The molecule has 0 saturated carbocycles. The summed E-state index contributed by atoms with van der Waals surface area (Å²) in [6.07, 6.45) is 1.78. The van der Waals surface area contributed by atoms with E-state index in [4.69, 9.17) is 4.74 Å². The average molecular weight is 379 g/mol. The van der Waals surface area contributed by atoms with Crippen molar-refractivity contribution < 1.29 is 9.53 Å². The maximum Gasteiger partial charge on any atom is 0.274 e. The molecule has 1 aromatic heterocycles. The first-order chi connectivity index (χ1) is 13.6. The first-order valence-electron chi connectivity index (χ1n) is 9.48. The lowest BCUT2D eigenvalue weighted by atomic mass is 10.1. The van der Waals surface area contributed by atoms with Crippen molar-refractivity contribution in [2.75, 3.05) is 19.8 Å². The number of aromatic nitrogens is 2. The van der Waals surface area contributed by atoms with Crippen LogP contribution in [0.25, 0.3) is 10.8 Å². The van der Waals surface area contributed by atoms with Crippen molar-refractivity contribution in [2.24, 2.45) is 7.05 Å². The molecular weight excluding hydrogens is 354 g/mol. The highest BCUT2D eigenvalue weighted by Gasteiger charge is 2.11. The Morgan fingerprint density at radius 3 is 2.54 bits per heavy atom. The SMILES string of the molecule is Cn1nc(CC(=O)NCCCOCCc2ccccc2)c2ccccc2c1=O. The average Bonchev–Trinajstić information content (AvgIpc) is 2.72. The molecule has 3 rings (SSSR count). The van der Waals surface area contributed by atoms with Crippen LogP contribution in [0.3, 0.4) is 0 Å². The zero-order valence-electron chi connectivity index (χ0n) is 16.1. The van der Waals surface area contributed by atoms with E-state index >= 15 is 0 Å². The molecule has 0 radical (unpaired) electrons. The first-order valence-corrected chi connectivity index (χ1v) is 9.48. The molecule has 2 aromatic carbocycles. The number of benzene rings is 2. The van der Waals surface area contributed by atoms with E-state index in [-0.39, 0.29) is 17.9 Å². The van der Waals surface area contributed by atoms with Crippen molar-refractivity contribution in [2.45, 2.75) is 19.3 Å². The number of rotatable bonds is 9. The van der Waals surface area contributed by atoms with Gasteiger partial charge in [0.15, 0.2) is 0 Å². The third-order valence-electron chi connectivity index (χ3n) is 4.53. The molecule has 6 nitrogen and oxygen atoms in total. The number of amides is 1. The molecule has 0 aliphatic heterocycles. The predicted molar refractivity (Wildman–Crippen MR) is 109 cm³/mol. The van der Waals surface area contributed by atoms with Gasteiger partial charge < -0.3 is 10.1 Å². The number of nitrogens with zero attached hydrogens (tertiary/aromatic N) is 2. The largest absolute Gasteiger partial charge is 0.381 e. The fourth-order valence-corrected chi connectivity index (χ4v) is 3.06. The van der Waals surface area contributed by atoms with Gasteiger partial charge in [-0.3, -0.25) is 9.59 Å². The van der Waals surface area contributed by atoms with Crippen molar-refractivity contribution in [3.63, 3.8) is 0 Å². The Labute approximate surface area is 164 Å². The molecule has 0 saturated heterocycles. The fraction of sp³-hybridized carbons (Fsp3) is 0.318. The topological polar surface area (TPSA) is 73.2 Å². The molecule has 0 aliphatic rings. The molecule has 0 bridgehead atoms. The number of hydrogen-bond donors (Lipinski definition) is 1. The number of carbonyl (C=O) groups is 1. The Morgan fingerprint density at radius 2 is 1.75 bits per heavy atom. The third-order valence-corrected chi connectivity index (χ3v) is 4.53. The highest BCUT2D eigenvalue weighted by molar-refractivity contribution is 5.88. The van der Waals surface area contributed by atoms with E-state index in [9.17, 15) is 9.59 Å². The molecule has 146 valence electrons. The molecule has 28 heavy (non-hydrogen) atoms. The van der Waals surface area contributed by atoms with Crippen LogP contribution in [-0.2, 0) is 29.4 Å². The van der Waals surface area contributed by atoms with Crippen LogP contribution in [0.5, 0.6) is 0 Å². The Hall–Kier alpha value is -2.99. The second kappa shape index (κ2) is 9.80. The van der Waals surface area contributed by atoms with Gasteiger partial charge in [-0.25, -0.2) is 4.68 Å². The maximum absolute atomic E-state index is 12.2. The van der Waals surface area contributed by atoms with Gasteiger partial charge in [0.05, 0.1) is 24.1 Å². The summed E-state index contributed by atoms with van der Waals surface area (Å²) in [6, 6.07) is 17.5. The van der Waals surface area contributed by atoms with Gasteiger partial charge in [-0.15, -0.1) is 0 Å². The minimum Gasteiger partial charge on any atom is -0.381 e. The van der Waals surface area contributed by atoms with Gasteiger partial charge in [0.1, 0.15) is 0 Å². The number of nitrogens with one attached hydrogen (secondary N) is 1. The summed E-state index contributed by atoms with van der Waals surface area (Å²) in [5, 5.41) is 8.45. The van der Waals surface area contributed by atoms with Gasteiger partial charge in [-0.2, -0.15) is 5.10 Å². The molecule has 0 spiro atoms. The monoisotopic (exact) mass is 379 g/mol. The lowest BCUT2D eigenvalue weighted by Gasteiger charge is -2.09. The fourth-order valence-electron chi connectivity index (χ4n) is 3.06. The van der Waals surface area contributed by atoms with Crippen LogP contribution >= 0.6 is 0 Å². The molecule has 0 unspecified atom stereocenters. The molecule has 0 fully saturated rings. The Bertz CT molecular complexity index is 983. The molecule has 0 aliphatic carbocycles. The van der Waals surface area contributed by atoms with E-state index in [0.717, 1.165) is 18.2 Å². The molecule has 1 N–H and O–H groups in total. The van der Waals surface area contributed by atoms with Crippen LogP contribution in [0.15, 0.2) is 59.4 Å². The molecule has 1 heterocycles. The summed E-state index contributed by atoms with van der Waals surface area (Å²) in [6.45, 7) is 1.83. The molecule has 1 amide bonds. The quantitative estimate of drug-likeness (QED) is 0.579. The summed E-state index contributed by atoms with van der Waals surface area (Å²) < 4.78 is 6.91. The lowest BCUT2D eigenvalue weighted by molar-refractivity contribution is -0.120. The van der Waals surface area contributed by atoms with Crippen LogP contribution in [0.1, 0.15) is 17.7 Å². The number of fused-ring (bicyclic) bond motifs is 1. The van der Waals surface area contributed by atoms with Crippen LogP contribution < -0.4 is 10.9 Å². The summed E-state index contributed by atoms with van der Waals surface area (Å²) in [7, 11) is 1.60. The molecule has 3 aromatic rings. The van der Waals surface area contributed by atoms with Crippen molar-refractivity contribution in [1.29, 1.82) is 0 Å². The Morgan fingerprint density at radius 1 is 1.04 bits per heavy atom. The van der Waals surface area contributed by atoms with Gasteiger partial charge in [-0.05, 0) is 24.5 Å². The second-order valence-corrected chi connectivity index (χ2v) is 6.65. The zero-order chi connectivity index (χ0) is 19.8. The highest BCUT2D eigenvalue weighted by Crippen LogP contribution is 2.13. The standard InChI is InChI=1S/C22H25N3O3/c1-25-22(27)19-11-6-5-10-18(19)20(24-25)16-21(26)23-13-7-14-28-15-12-17-8-3-2-4-9-17/h2-6,8-11H,7,12-16H2,1H3,(H,23,26). The maximum atomic E-state index is 12.2. The summed E-state index contributed by atoms with van der Waals surface area (Å²) in [5.41, 5.74) is 1.70. The van der Waals surface area contributed by atoms with E-state index in [2.05, 4.69) is 22.5 Å². The van der Waals surface area contributed by atoms with Crippen molar-refractivity contribution in [1.82, 2.24) is 15.1 Å². The molecule has 6 heteroatoms. The minimum atomic E-state index is -0.160. The smallest absolute Gasteiger partial charge is 0.274 e. The minimum absolute atomic E-state index is 0.111. The number of aryl methyl sites for hydroxylation is 1. The number of ether oxygens (including phenoxy) is 1. The molecule has 0 atom stereocenters. The van der Waals surface area contributed by atoms with Gasteiger partial charge in [0.2, 0.25) is 5.91 Å². The van der Waals surface area contributed by atoms with Crippen molar-refractivity contribution in [3.05, 3.63) is 76.2 Å². The van der Waals surface area contributed by atoms with E-state index in [1.54, 1.807) is 13.1 Å². The summed E-state index contributed by atoms with van der Waals surface area (Å²) >= 11 is 0. The van der Waals surface area contributed by atoms with Crippen LogP contribution in [0.4, 0.5) is 0 Å². The van der Waals surface area contributed by atoms with Gasteiger partial charge >= 0.3 is 0 Å². The summed E-state index contributed by atoms with van der Waals surface area (Å²) in [5.74, 6) is -0.111. The number of hydrogen-bond acceptors (Lipinski definition) is 4. The number of carbonyl (C=O) groups excluding carboxylic acids is 1. The van der Waals surface area contributed by atoms with Crippen LogP contribution in [0, 0.1) is 0 Å². The predicted octanol–water partition coefficient (Wildman–Crippen LogP) is 2.24. The van der Waals surface area contributed by atoms with Crippen LogP contribution in [0.2, 0.25) is 0 Å². The second-order valence-electron chi connectivity index (χ2n) is 6.65. The van der Waals surface area contributed by atoms with Crippen molar-refractivity contribution >= 4 is 16.7 Å². The van der Waals surface area contributed by atoms with Gasteiger partial charge in [0.25, 0.3) is 5.56 Å². The summed E-state index contributed by atoms with van der Waals surface area (Å²) in [4.78, 5) is 24.4. The Kier molecular flexibility index (Phi) is 6.92. The lowest BCUT2D eigenvalue weighted by Crippen LogP contribution is -2.29.